The van der Waals surface area contributed by atoms with E-state index in [1.54, 1.807) is 17.7 Å². The van der Waals surface area contributed by atoms with Crippen LogP contribution in [0.1, 0.15) is 81.3 Å². The summed E-state index contributed by atoms with van der Waals surface area (Å²) in [6, 6.07) is -0.274. The van der Waals surface area contributed by atoms with Crippen molar-refractivity contribution in [3.05, 3.63) is 42.3 Å². The summed E-state index contributed by atoms with van der Waals surface area (Å²) in [5.74, 6) is -1.61. The molecule has 2 amide bonds. The van der Waals surface area contributed by atoms with Gasteiger partial charge in [-0.3, -0.25) is 19.0 Å². The summed E-state index contributed by atoms with van der Waals surface area (Å²) in [6.07, 6.45) is 3.25. The van der Waals surface area contributed by atoms with Crippen LogP contribution in [-0.2, 0) is 11.3 Å². The van der Waals surface area contributed by atoms with E-state index < -0.39 is 42.6 Å². The molecule has 0 radical (unpaired) electrons. The number of nitrogens with one attached hydrogen (secondary N) is 2. The van der Waals surface area contributed by atoms with Gasteiger partial charge in [-0.1, -0.05) is 6.92 Å². The summed E-state index contributed by atoms with van der Waals surface area (Å²) in [7, 11) is 0. The lowest BCUT2D eigenvalue weighted by molar-refractivity contribution is -0.141. The first-order valence-electron chi connectivity index (χ1n) is 13.8. The van der Waals surface area contributed by atoms with Crippen molar-refractivity contribution in [2.24, 2.45) is 17.8 Å². The second-order valence-electron chi connectivity index (χ2n) is 11.1. The topological polar surface area (TPSA) is 125 Å². The standard InChI is InChI=1S/C26H33F4N9O2/c1-4-18(23-35-31-13-37(23)12-26(28,29)30)38-11-17(22(27)36-38)33-25(41)21(20(15-5-6-15)16-7-8-16)34-24(40)19-9-10-32-39(19)14(2)3/h9-11,13-16,18,20-21H,4-8,12H2,1-3H3,(H,33,41)(H,34,40)/t18-,21-/m0/s1. The maximum absolute atomic E-state index is 15.0. The molecule has 2 N–H and O–H groups in total. The number of halogens is 4. The fraction of sp³-hybridized carbons (Fsp3) is 0.615. The van der Waals surface area contributed by atoms with Crippen molar-refractivity contribution in [2.75, 3.05) is 5.32 Å². The number of hydrogen-bond donors (Lipinski definition) is 2. The van der Waals surface area contributed by atoms with Crippen LogP contribution in [0.5, 0.6) is 0 Å². The van der Waals surface area contributed by atoms with Crippen LogP contribution in [0.3, 0.4) is 0 Å². The van der Waals surface area contributed by atoms with Crippen molar-refractivity contribution in [1.29, 1.82) is 0 Å². The smallest absolute Gasteiger partial charge is 0.339 e. The van der Waals surface area contributed by atoms with Gasteiger partial charge in [0, 0.05) is 12.2 Å². The fourth-order valence-corrected chi connectivity index (χ4v) is 5.50. The maximum Gasteiger partial charge on any atom is 0.406 e. The number of rotatable bonds is 12. The SMILES string of the molecule is CC[C@@H](c1nncn1CC(F)(F)F)n1cc(NC(=O)[C@@H](NC(=O)c2ccnn2C(C)C)C(C2CC2)C2CC2)c(F)n1. The van der Waals surface area contributed by atoms with Crippen LogP contribution in [0.4, 0.5) is 23.2 Å². The van der Waals surface area contributed by atoms with Gasteiger partial charge >= 0.3 is 6.18 Å². The van der Waals surface area contributed by atoms with Crippen molar-refractivity contribution in [3.63, 3.8) is 0 Å². The molecule has 3 heterocycles. The summed E-state index contributed by atoms with van der Waals surface area (Å²) in [6.45, 7) is 4.17. The summed E-state index contributed by atoms with van der Waals surface area (Å²) >= 11 is 0. The number of amides is 2. The first kappa shape index (κ1) is 28.7. The van der Waals surface area contributed by atoms with Crippen LogP contribution < -0.4 is 10.6 Å². The number of anilines is 1. The van der Waals surface area contributed by atoms with E-state index in [0.29, 0.717) is 5.69 Å². The minimum atomic E-state index is -4.50. The summed E-state index contributed by atoms with van der Waals surface area (Å²) in [5, 5.41) is 20.9. The Hall–Kier alpha value is -3.78. The highest BCUT2D eigenvalue weighted by atomic mass is 19.4. The Balaban J connectivity index is 1.38. The van der Waals surface area contributed by atoms with E-state index >= 15 is 4.39 Å². The van der Waals surface area contributed by atoms with Gasteiger partial charge in [-0.25, -0.2) is 0 Å². The van der Waals surface area contributed by atoms with Gasteiger partial charge in [-0.15, -0.1) is 15.3 Å². The lowest BCUT2D eigenvalue weighted by Crippen LogP contribution is -2.50. The van der Waals surface area contributed by atoms with Crippen molar-refractivity contribution >= 4 is 17.5 Å². The van der Waals surface area contributed by atoms with Crippen LogP contribution in [0, 0.1) is 23.7 Å². The average Bonchev–Trinajstić information content (AvgIpc) is 3.79. The molecule has 0 aromatic carbocycles. The molecule has 2 aliphatic carbocycles. The zero-order valence-corrected chi connectivity index (χ0v) is 23.0. The lowest BCUT2D eigenvalue weighted by Gasteiger charge is -2.27. The minimum Gasteiger partial charge on any atom is -0.339 e. The summed E-state index contributed by atoms with van der Waals surface area (Å²) in [5.41, 5.74) is 0.0723. The van der Waals surface area contributed by atoms with Gasteiger partial charge in [0.05, 0.1) is 6.20 Å². The molecular weight excluding hydrogens is 546 g/mol. The number of aromatic nitrogens is 7. The number of hydrogen-bond acceptors (Lipinski definition) is 6. The Morgan fingerprint density at radius 3 is 2.41 bits per heavy atom. The number of nitrogens with zero attached hydrogens (tertiary/aromatic N) is 7. The molecule has 0 unspecified atom stereocenters. The molecule has 11 nitrogen and oxygen atoms in total. The predicted molar refractivity (Wildman–Crippen MR) is 138 cm³/mol. The molecule has 222 valence electrons. The van der Waals surface area contributed by atoms with Gasteiger partial charge in [0.2, 0.25) is 5.91 Å². The third-order valence-corrected chi connectivity index (χ3v) is 7.62. The van der Waals surface area contributed by atoms with Crippen LogP contribution in [0.2, 0.25) is 0 Å². The second-order valence-corrected chi connectivity index (χ2v) is 11.1. The van der Waals surface area contributed by atoms with Gasteiger partial charge in [0.25, 0.3) is 11.9 Å². The van der Waals surface area contributed by atoms with E-state index in [0.717, 1.165) is 41.3 Å². The minimum absolute atomic E-state index is 0.0420. The Morgan fingerprint density at radius 2 is 1.83 bits per heavy atom. The largest absolute Gasteiger partial charge is 0.406 e. The van der Waals surface area contributed by atoms with Crippen LogP contribution in [0.25, 0.3) is 0 Å². The number of carbonyl (C=O) groups excluding carboxylic acids is 2. The zero-order valence-electron chi connectivity index (χ0n) is 23.0. The first-order chi connectivity index (χ1) is 19.5. The number of carbonyl (C=O) groups is 2. The Bertz CT molecular complexity index is 1380. The molecule has 15 heteroatoms. The molecule has 0 spiro atoms. The second kappa shape index (κ2) is 11.2. The third-order valence-electron chi connectivity index (χ3n) is 7.62. The van der Waals surface area contributed by atoms with E-state index in [4.69, 9.17) is 0 Å². The quantitative estimate of drug-likeness (QED) is 0.311. The molecule has 0 bridgehead atoms. The van der Waals surface area contributed by atoms with E-state index in [1.807, 2.05) is 13.8 Å². The van der Waals surface area contributed by atoms with Crippen molar-refractivity contribution in [3.8, 4) is 0 Å². The highest BCUT2D eigenvalue weighted by Gasteiger charge is 2.48. The van der Waals surface area contributed by atoms with E-state index in [-0.39, 0.29) is 41.7 Å². The van der Waals surface area contributed by atoms with E-state index in [1.165, 1.54) is 12.4 Å². The molecule has 2 saturated carbocycles. The third kappa shape index (κ3) is 6.43. The lowest BCUT2D eigenvalue weighted by atomic mass is 9.88. The molecule has 2 aliphatic rings. The molecular formula is C26H33F4N9O2. The van der Waals surface area contributed by atoms with Gasteiger partial charge in [0.15, 0.2) is 5.82 Å². The molecule has 0 aliphatic heterocycles. The summed E-state index contributed by atoms with van der Waals surface area (Å²) < 4.78 is 57.7. The van der Waals surface area contributed by atoms with Crippen molar-refractivity contribution < 1.29 is 27.2 Å². The zero-order chi connectivity index (χ0) is 29.5. The highest BCUT2D eigenvalue weighted by molar-refractivity contribution is 6.00. The predicted octanol–water partition coefficient (Wildman–Crippen LogP) is 4.13. The first-order valence-corrected chi connectivity index (χ1v) is 13.8. The molecule has 2 fully saturated rings. The van der Waals surface area contributed by atoms with Crippen molar-refractivity contribution in [1.82, 2.24) is 39.6 Å². The number of alkyl halides is 3. The Labute approximate surface area is 233 Å². The molecule has 3 aromatic heterocycles. The fourth-order valence-electron chi connectivity index (χ4n) is 5.50. The van der Waals surface area contributed by atoms with Crippen LogP contribution >= 0.6 is 0 Å². The van der Waals surface area contributed by atoms with Crippen molar-refractivity contribution in [2.45, 2.75) is 83.7 Å². The molecule has 2 atom stereocenters. The van der Waals surface area contributed by atoms with Crippen LogP contribution in [-0.4, -0.2) is 58.4 Å². The van der Waals surface area contributed by atoms with Gasteiger partial charge in [0.1, 0.15) is 36.3 Å². The van der Waals surface area contributed by atoms with Crippen LogP contribution in [0.15, 0.2) is 24.8 Å². The normalized spacial score (nSPS) is 17.2. The molecule has 0 saturated heterocycles. The molecule has 3 aromatic rings. The highest BCUT2D eigenvalue weighted by Crippen LogP contribution is 2.51. The maximum atomic E-state index is 15.0. The average molecular weight is 580 g/mol. The van der Waals surface area contributed by atoms with Gasteiger partial charge < -0.3 is 15.2 Å². The monoisotopic (exact) mass is 579 g/mol. The molecule has 5 rings (SSSR count). The Kier molecular flexibility index (Phi) is 7.88. The summed E-state index contributed by atoms with van der Waals surface area (Å²) in [4.78, 5) is 27.0. The Morgan fingerprint density at radius 1 is 1.15 bits per heavy atom. The molecule has 41 heavy (non-hydrogen) atoms. The van der Waals surface area contributed by atoms with E-state index in [2.05, 4.69) is 31.0 Å². The van der Waals surface area contributed by atoms with E-state index in [9.17, 15) is 22.8 Å². The van der Waals surface area contributed by atoms with Gasteiger partial charge in [-0.05, 0) is 69.8 Å². The van der Waals surface area contributed by atoms with Gasteiger partial charge in [-0.2, -0.15) is 22.7 Å².